The van der Waals surface area contributed by atoms with Crippen molar-refractivity contribution in [2.45, 2.75) is 25.3 Å². The summed E-state index contributed by atoms with van der Waals surface area (Å²) in [6.45, 7) is 3.33. The second kappa shape index (κ2) is 8.47. The van der Waals surface area contributed by atoms with E-state index in [0.29, 0.717) is 32.2 Å². The third-order valence-corrected chi connectivity index (χ3v) is 4.60. The molecule has 1 aromatic rings. The Hall–Kier alpha value is -1.89. The van der Waals surface area contributed by atoms with Crippen LogP contribution in [0.3, 0.4) is 0 Å². The summed E-state index contributed by atoms with van der Waals surface area (Å²) in [7, 11) is 1.71. The van der Waals surface area contributed by atoms with Crippen LogP contribution in [-0.2, 0) is 4.74 Å². The zero-order valence-electron chi connectivity index (χ0n) is 14.6. The highest BCUT2D eigenvalue weighted by molar-refractivity contribution is 5.80. The Kier molecular flexibility index (Phi) is 6.07. The maximum Gasteiger partial charge on any atom is 0.191 e. The number of benzene rings is 1. The molecule has 138 valence electrons. The largest absolute Gasteiger partial charge is 0.379 e. The van der Waals surface area contributed by atoms with Gasteiger partial charge in [-0.2, -0.15) is 0 Å². The van der Waals surface area contributed by atoms with E-state index < -0.39 is 11.6 Å². The number of para-hydroxylation sites is 1. The van der Waals surface area contributed by atoms with Gasteiger partial charge in [0.05, 0.1) is 6.61 Å². The first-order valence-electron chi connectivity index (χ1n) is 8.91. The normalized spacial score (nSPS) is 20.8. The fourth-order valence-corrected chi connectivity index (χ4v) is 3.04. The van der Waals surface area contributed by atoms with Crippen molar-refractivity contribution in [1.29, 1.82) is 0 Å². The molecule has 1 atom stereocenters. The lowest BCUT2D eigenvalue weighted by Gasteiger charge is -2.21. The zero-order chi connectivity index (χ0) is 17.6. The Bertz CT molecular complexity index is 586. The van der Waals surface area contributed by atoms with E-state index in [1.54, 1.807) is 11.9 Å². The Morgan fingerprint density at radius 2 is 2.04 bits per heavy atom. The van der Waals surface area contributed by atoms with Crippen LogP contribution in [0.4, 0.5) is 14.5 Å². The molecule has 0 amide bonds. The monoisotopic (exact) mass is 352 g/mol. The molecule has 3 rings (SSSR count). The standard InChI is InChI=1S/C18H26F2N4O/c1-21-18(22-8-10-25-12-13-5-6-13)23-14-7-9-24(11-14)17-15(19)3-2-4-16(17)20/h2-4,13-14H,5-12H2,1H3,(H2,21,22,23). The minimum atomic E-state index is -0.518. The molecule has 2 N–H and O–H groups in total. The van der Waals surface area contributed by atoms with Gasteiger partial charge < -0.3 is 20.3 Å². The Morgan fingerprint density at radius 1 is 1.28 bits per heavy atom. The second-order valence-electron chi connectivity index (χ2n) is 6.66. The molecule has 1 heterocycles. The molecular weight excluding hydrogens is 326 g/mol. The van der Waals surface area contributed by atoms with Gasteiger partial charge in [-0.3, -0.25) is 4.99 Å². The van der Waals surface area contributed by atoms with Gasteiger partial charge in [0.15, 0.2) is 5.96 Å². The van der Waals surface area contributed by atoms with E-state index in [0.717, 1.165) is 18.9 Å². The first-order valence-corrected chi connectivity index (χ1v) is 8.91. The molecular formula is C18H26F2N4O. The summed E-state index contributed by atoms with van der Waals surface area (Å²) in [5.74, 6) is 0.420. The molecule has 0 radical (unpaired) electrons. The molecule has 0 spiro atoms. The Balaban J connectivity index is 1.43. The number of aliphatic imine (C=N–C) groups is 1. The van der Waals surface area contributed by atoms with E-state index in [4.69, 9.17) is 4.74 Å². The molecule has 1 aliphatic heterocycles. The molecule has 0 bridgehead atoms. The summed E-state index contributed by atoms with van der Waals surface area (Å²) in [4.78, 5) is 5.95. The summed E-state index contributed by atoms with van der Waals surface area (Å²) >= 11 is 0. The maximum absolute atomic E-state index is 13.9. The summed E-state index contributed by atoms with van der Waals surface area (Å²) in [5.41, 5.74) is 0.0585. The lowest BCUT2D eigenvalue weighted by molar-refractivity contribution is 0.129. The molecule has 1 aliphatic carbocycles. The predicted octanol–water partition coefficient (Wildman–Crippen LogP) is 2.14. The lowest BCUT2D eigenvalue weighted by atomic mass is 10.2. The minimum Gasteiger partial charge on any atom is -0.379 e. The molecule has 25 heavy (non-hydrogen) atoms. The van der Waals surface area contributed by atoms with Gasteiger partial charge in [0, 0.05) is 39.3 Å². The fourth-order valence-electron chi connectivity index (χ4n) is 3.04. The Labute approximate surface area is 147 Å². The van der Waals surface area contributed by atoms with Gasteiger partial charge in [-0.05, 0) is 37.3 Å². The van der Waals surface area contributed by atoms with Crippen molar-refractivity contribution in [3.8, 4) is 0 Å². The molecule has 1 saturated carbocycles. The van der Waals surface area contributed by atoms with Crippen LogP contribution < -0.4 is 15.5 Å². The van der Waals surface area contributed by atoms with E-state index in [-0.39, 0.29) is 11.7 Å². The van der Waals surface area contributed by atoms with Crippen molar-refractivity contribution in [1.82, 2.24) is 10.6 Å². The summed E-state index contributed by atoms with van der Waals surface area (Å²) in [6, 6.07) is 4.07. The molecule has 1 saturated heterocycles. The number of halogens is 2. The molecule has 5 nitrogen and oxygen atoms in total. The highest BCUT2D eigenvalue weighted by Crippen LogP contribution is 2.28. The van der Waals surface area contributed by atoms with Crippen LogP contribution in [0.2, 0.25) is 0 Å². The summed E-state index contributed by atoms with van der Waals surface area (Å²) < 4.78 is 33.4. The third-order valence-electron chi connectivity index (χ3n) is 4.60. The van der Waals surface area contributed by atoms with Crippen molar-refractivity contribution < 1.29 is 13.5 Å². The molecule has 0 aromatic heterocycles. The van der Waals surface area contributed by atoms with Crippen LogP contribution in [0.1, 0.15) is 19.3 Å². The topological polar surface area (TPSA) is 48.9 Å². The van der Waals surface area contributed by atoms with E-state index in [1.807, 2.05) is 0 Å². The number of anilines is 1. The van der Waals surface area contributed by atoms with Gasteiger partial charge in [-0.15, -0.1) is 0 Å². The Morgan fingerprint density at radius 3 is 2.72 bits per heavy atom. The highest BCUT2D eigenvalue weighted by Gasteiger charge is 2.27. The molecule has 1 aromatic carbocycles. The number of nitrogens with zero attached hydrogens (tertiary/aromatic N) is 2. The van der Waals surface area contributed by atoms with E-state index >= 15 is 0 Å². The van der Waals surface area contributed by atoms with Gasteiger partial charge in [0.25, 0.3) is 0 Å². The second-order valence-corrected chi connectivity index (χ2v) is 6.66. The first kappa shape index (κ1) is 17.9. The lowest BCUT2D eigenvalue weighted by Crippen LogP contribution is -2.45. The molecule has 7 heteroatoms. The zero-order valence-corrected chi connectivity index (χ0v) is 14.6. The number of ether oxygens (including phenoxy) is 1. The average molecular weight is 352 g/mol. The van der Waals surface area contributed by atoms with Crippen LogP contribution in [0.15, 0.2) is 23.2 Å². The number of nitrogens with one attached hydrogen (secondary N) is 2. The van der Waals surface area contributed by atoms with E-state index in [2.05, 4.69) is 15.6 Å². The van der Waals surface area contributed by atoms with Gasteiger partial charge >= 0.3 is 0 Å². The van der Waals surface area contributed by atoms with Crippen LogP contribution in [0.25, 0.3) is 0 Å². The van der Waals surface area contributed by atoms with Crippen LogP contribution >= 0.6 is 0 Å². The number of guanidine groups is 1. The highest BCUT2D eigenvalue weighted by atomic mass is 19.1. The summed E-state index contributed by atoms with van der Waals surface area (Å²) in [5, 5.41) is 6.53. The number of hydrogen-bond donors (Lipinski definition) is 2. The van der Waals surface area contributed by atoms with Crippen LogP contribution in [0, 0.1) is 17.6 Å². The fraction of sp³-hybridized carbons (Fsp3) is 0.611. The number of rotatable bonds is 7. The van der Waals surface area contributed by atoms with Gasteiger partial charge in [0.1, 0.15) is 17.3 Å². The van der Waals surface area contributed by atoms with Gasteiger partial charge in [-0.25, -0.2) is 8.78 Å². The number of hydrogen-bond acceptors (Lipinski definition) is 3. The predicted molar refractivity (Wildman–Crippen MR) is 95.0 cm³/mol. The minimum absolute atomic E-state index is 0.0585. The van der Waals surface area contributed by atoms with Crippen molar-refractivity contribution in [2.24, 2.45) is 10.9 Å². The van der Waals surface area contributed by atoms with Crippen molar-refractivity contribution in [3.63, 3.8) is 0 Å². The van der Waals surface area contributed by atoms with Crippen LogP contribution in [-0.4, -0.2) is 51.9 Å². The van der Waals surface area contributed by atoms with Gasteiger partial charge in [-0.1, -0.05) is 6.07 Å². The quantitative estimate of drug-likeness (QED) is 0.448. The van der Waals surface area contributed by atoms with Gasteiger partial charge in [0.2, 0.25) is 0 Å². The average Bonchev–Trinajstić information content (AvgIpc) is 3.31. The third kappa shape index (κ3) is 5.04. The molecule has 1 unspecified atom stereocenters. The summed E-state index contributed by atoms with van der Waals surface area (Å²) in [6.07, 6.45) is 3.38. The van der Waals surface area contributed by atoms with Crippen molar-refractivity contribution in [2.75, 3.05) is 44.8 Å². The SMILES string of the molecule is CN=C(NCCOCC1CC1)NC1CCN(c2c(F)cccc2F)C1. The van der Waals surface area contributed by atoms with Crippen LogP contribution in [0.5, 0.6) is 0 Å². The smallest absolute Gasteiger partial charge is 0.191 e. The van der Waals surface area contributed by atoms with Crippen molar-refractivity contribution >= 4 is 11.6 Å². The van der Waals surface area contributed by atoms with E-state index in [9.17, 15) is 8.78 Å². The first-order chi connectivity index (χ1) is 12.2. The van der Waals surface area contributed by atoms with E-state index in [1.165, 1.54) is 31.0 Å². The van der Waals surface area contributed by atoms with Crippen molar-refractivity contribution in [3.05, 3.63) is 29.8 Å². The molecule has 2 fully saturated rings. The molecule has 2 aliphatic rings. The maximum atomic E-state index is 13.9.